The molecule has 2 aliphatic carbocycles. The number of methoxy groups -OCH3 is 2. The number of esters is 2. The fourth-order valence-electron chi connectivity index (χ4n) is 2.21. The van der Waals surface area contributed by atoms with Gasteiger partial charge in [-0.15, -0.1) is 0 Å². The average Bonchev–Trinajstić information content (AvgIpc) is 2.44. The Labute approximate surface area is 128 Å². The SMILES string of the molecule is C=C1CC(C(=O)OC)C1.COC(=O)C1CC(CO)C1.[B]C. The van der Waals surface area contributed by atoms with Crippen LogP contribution in [0.15, 0.2) is 12.2 Å². The van der Waals surface area contributed by atoms with Gasteiger partial charge in [-0.05, 0) is 31.6 Å². The fraction of sp³-hybridized carbons (Fsp3) is 0.733. The minimum atomic E-state index is -0.135. The molecule has 2 radical (unpaired) electrons. The largest absolute Gasteiger partial charge is 0.469 e. The number of carbonyl (C=O) groups is 2. The van der Waals surface area contributed by atoms with E-state index in [1.54, 1.807) is 0 Å². The number of allylic oxidation sites excluding steroid dienone is 1. The molecule has 5 nitrogen and oxygen atoms in total. The van der Waals surface area contributed by atoms with Crippen LogP contribution >= 0.6 is 0 Å². The Morgan fingerprint density at radius 2 is 1.57 bits per heavy atom. The van der Waals surface area contributed by atoms with Gasteiger partial charge >= 0.3 is 11.9 Å². The zero-order valence-electron chi connectivity index (χ0n) is 13.1. The molecular formula is C15H25BO5. The Kier molecular flexibility index (Phi) is 9.79. The summed E-state index contributed by atoms with van der Waals surface area (Å²) in [6, 6.07) is 0. The van der Waals surface area contributed by atoms with Gasteiger partial charge < -0.3 is 14.6 Å². The van der Waals surface area contributed by atoms with Crippen LogP contribution in [0.4, 0.5) is 0 Å². The Hall–Kier alpha value is -1.30. The molecule has 0 unspecified atom stereocenters. The molecule has 0 aliphatic heterocycles. The van der Waals surface area contributed by atoms with Crippen LogP contribution in [0.25, 0.3) is 0 Å². The summed E-state index contributed by atoms with van der Waals surface area (Å²) in [7, 11) is 7.32. The van der Waals surface area contributed by atoms with Crippen LogP contribution in [0.2, 0.25) is 6.82 Å². The molecule has 0 heterocycles. The molecule has 2 saturated carbocycles. The summed E-state index contributed by atoms with van der Waals surface area (Å²) in [5, 5.41) is 8.61. The molecule has 2 fully saturated rings. The first kappa shape index (κ1) is 19.7. The second-order valence-electron chi connectivity index (χ2n) is 5.12. The monoisotopic (exact) mass is 296 g/mol. The summed E-state index contributed by atoms with van der Waals surface area (Å²) >= 11 is 0. The van der Waals surface area contributed by atoms with Crippen molar-refractivity contribution in [1.29, 1.82) is 0 Å². The number of carbonyl (C=O) groups excluding carboxylic acids is 2. The second-order valence-corrected chi connectivity index (χ2v) is 5.12. The minimum absolute atomic E-state index is 0.0575. The molecule has 0 saturated heterocycles. The van der Waals surface area contributed by atoms with Crippen molar-refractivity contribution in [3.8, 4) is 0 Å². The van der Waals surface area contributed by atoms with Crippen LogP contribution < -0.4 is 0 Å². The molecule has 0 spiro atoms. The third-order valence-corrected chi connectivity index (χ3v) is 3.63. The van der Waals surface area contributed by atoms with E-state index in [4.69, 9.17) is 5.11 Å². The molecule has 1 N–H and O–H groups in total. The lowest BCUT2D eigenvalue weighted by molar-refractivity contribution is -0.150. The second kappa shape index (κ2) is 10.4. The zero-order chi connectivity index (χ0) is 16.4. The Morgan fingerprint density at radius 1 is 1.14 bits per heavy atom. The normalized spacial score (nSPS) is 23.1. The smallest absolute Gasteiger partial charge is 0.309 e. The molecule has 118 valence electrons. The van der Waals surface area contributed by atoms with Gasteiger partial charge in [0.25, 0.3) is 0 Å². The van der Waals surface area contributed by atoms with E-state index in [2.05, 4.69) is 23.9 Å². The first-order chi connectivity index (χ1) is 10.0. The lowest BCUT2D eigenvalue weighted by atomic mass is 9.75. The fourth-order valence-corrected chi connectivity index (χ4v) is 2.21. The van der Waals surface area contributed by atoms with Crippen LogP contribution in [0.5, 0.6) is 0 Å². The van der Waals surface area contributed by atoms with Crippen LogP contribution in [0.1, 0.15) is 25.7 Å². The van der Waals surface area contributed by atoms with Gasteiger partial charge in [-0.3, -0.25) is 9.59 Å². The molecule has 0 aromatic rings. The topological polar surface area (TPSA) is 72.8 Å². The Bertz CT molecular complexity index is 342. The summed E-state index contributed by atoms with van der Waals surface area (Å²) in [5.74, 6) is 0.279. The quantitative estimate of drug-likeness (QED) is 0.485. The average molecular weight is 296 g/mol. The predicted molar refractivity (Wildman–Crippen MR) is 80.8 cm³/mol. The van der Waals surface area contributed by atoms with Gasteiger partial charge in [0.2, 0.25) is 0 Å². The zero-order valence-corrected chi connectivity index (χ0v) is 13.1. The first-order valence-corrected chi connectivity index (χ1v) is 7.02. The van der Waals surface area contributed by atoms with Crippen molar-refractivity contribution >= 4 is 19.8 Å². The van der Waals surface area contributed by atoms with Crippen molar-refractivity contribution in [3.05, 3.63) is 12.2 Å². The van der Waals surface area contributed by atoms with Crippen molar-refractivity contribution in [2.75, 3.05) is 20.8 Å². The number of hydrogen-bond donors (Lipinski definition) is 1. The maximum absolute atomic E-state index is 10.8. The van der Waals surface area contributed by atoms with Gasteiger partial charge in [-0.2, -0.15) is 0 Å². The van der Waals surface area contributed by atoms with Crippen molar-refractivity contribution in [1.82, 2.24) is 0 Å². The molecule has 0 aromatic carbocycles. The molecule has 2 aliphatic rings. The van der Waals surface area contributed by atoms with E-state index in [-0.39, 0.29) is 30.4 Å². The highest BCUT2D eigenvalue weighted by Crippen LogP contribution is 2.33. The van der Waals surface area contributed by atoms with E-state index >= 15 is 0 Å². The van der Waals surface area contributed by atoms with Gasteiger partial charge in [-0.1, -0.05) is 19.0 Å². The van der Waals surface area contributed by atoms with Gasteiger partial charge in [-0.25, -0.2) is 0 Å². The molecule has 0 aromatic heterocycles. The number of hydrogen-bond acceptors (Lipinski definition) is 5. The third kappa shape index (κ3) is 6.33. The van der Waals surface area contributed by atoms with E-state index in [1.807, 2.05) is 0 Å². The van der Waals surface area contributed by atoms with Crippen molar-refractivity contribution in [2.24, 2.45) is 17.8 Å². The number of ether oxygens (including phenoxy) is 2. The molecule has 0 atom stereocenters. The van der Waals surface area contributed by atoms with E-state index in [0.29, 0.717) is 5.92 Å². The van der Waals surface area contributed by atoms with Crippen molar-refractivity contribution in [3.63, 3.8) is 0 Å². The Morgan fingerprint density at radius 3 is 1.90 bits per heavy atom. The molecule has 0 bridgehead atoms. The minimum Gasteiger partial charge on any atom is -0.469 e. The maximum atomic E-state index is 10.8. The summed E-state index contributed by atoms with van der Waals surface area (Å²) in [6.45, 7) is 5.42. The van der Waals surface area contributed by atoms with Crippen LogP contribution in [-0.4, -0.2) is 45.7 Å². The molecule has 21 heavy (non-hydrogen) atoms. The highest BCUT2D eigenvalue weighted by molar-refractivity contribution is 6.05. The lowest BCUT2D eigenvalue weighted by Gasteiger charge is -2.31. The summed E-state index contributed by atoms with van der Waals surface area (Å²) < 4.78 is 9.05. The number of aliphatic hydroxyl groups excluding tert-OH is 1. The van der Waals surface area contributed by atoms with E-state index in [0.717, 1.165) is 31.3 Å². The number of rotatable bonds is 3. The third-order valence-electron chi connectivity index (χ3n) is 3.63. The van der Waals surface area contributed by atoms with Gasteiger partial charge in [0.05, 0.1) is 33.9 Å². The van der Waals surface area contributed by atoms with Crippen LogP contribution in [0.3, 0.4) is 0 Å². The summed E-state index contributed by atoms with van der Waals surface area (Å²) in [6.07, 6.45) is 3.24. The lowest BCUT2D eigenvalue weighted by Crippen LogP contribution is -2.33. The molecule has 6 heteroatoms. The van der Waals surface area contributed by atoms with Gasteiger partial charge in [0, 0.05) is 6.61 Å². The van der Waals surface area contributed by atoms with Gasteiger partial charge in [0.15, 0.2) is 0 Å². The standard InChI is InChI=1S/C7H12O3.C7H10O2.CH3B/c1-10-7(9)6-2-5(3-6)4-8;1-5-3-6(4-5)7(8)9-2;1-2/h5-6,8H,2-4H2,1H3;6H,1,3-4H2,2H3;1H3. The molecule has 2 rings (SSSR count). The van der Waals surface area contributed by atoms with Crippen LogP contribution in [-0.2, 0) is 19.1 Å². The highest BCUT2D eigenvalue weighted by atomic mass is 16.5. The van der Waals surface area contributed by atoms with Crippen LogP contribution in [0, 0.1) is 17.8 Å². The van der Waals surface area contributed by atoms with E-state index in [9.17, 15) is 9.59 Å². The molecular weight excluding hydrogens is 271 g/mol. The number of aliphatic hydroxyl groups is 1. The summed E-state index contributed by atoms with van der Waals surface area (Å²) in [5.41, 5.74) is 1.16. The van der Waals surface area contributed by atoms with E-state index in [1.165, 1.54) is 21.0 Å². The maximum Gasteiger partial charge on any atom is 0.309 e. The molecule has 0 amide bonds. The Balaban J connectivity index is 0.000000342. The van der Waals surface area contributed by atoms with Crippen molar-refractivity contribution in [2.45, 2.75) is 32.5 Å². The predicted octanol–water partition coefficient (Wildman–Crippen LogP) is 1.51. The first-order valence-electron chi connectivity index (χ1n) is 7.02. The van der Waals surface area contributed by atoms with Crippen molar-refractivity contribution < 1.29 is 24.2 Å². The van der Waals surface area contributed by atoms with Gasteiger partial charge in [0.1, 0.15) is 0 Å². The van der Waals surface area contributed by atoms with E-state index < -0.39 is 0 Å². The highest BCUT2D eigenvalue weighted by Gasteiger charge is 2.34. The summed E-state index contributed by atoms with van der Waals surface area (Å²) in [4.78, 5) is 21.4.